The highest BCUT2D eigenvalue weighted by molar-refractivity contribution is 6.78. The van der Waals surface area contributed by atoms with Crippen molar-refractivity contribution in [3.63, 3.8) is 0 Å². The van der Waals surface area contributed by atoms with Gasteiger partial charge in [0.05, 0.1) is 31.0 Å². The molecule has 1 aromatic carbocycles. The lowest BCUT2D eigenvalue weighted by Gasteiger charge is -2.32. The topological polar surface area (TPSA) is 72.1 Å². The molecule has 1 aromatic rings. The Labute approximate surface area is 205 Å². The molecule has 3 heterocycles. The highest BCUT2D eigenvalue weighted by atomic mass is 28.3. The number of carbonyl (C=O) groups is 1. The number of benzene rings is 1. The third-order valence-corrected chi connectivity index (χ3v) is 9.96. The summed E-state index contributed by atoms with van der Waals surface area (Å²) in [4.78, 5) is 14.9. The van der Waals surface area contributed by atoms with E-state index in [2.05, 4.69) is 75.7 Å². The van der Waals surface area contributed by atoms with E-state index in [4.69, 9.17) is 14.0 Å². The molecule has 2 atom stereocenters. The fourth-order valence-electron chi connectivity index (χ4n) is 4.73. The molecule has 2 fully saturated rings. The van der Waals surface area contributed by atoms with E-state index >= 15 is 0 Å². The predicted molar refractivity (Wildman–Crippen MR) is 139 cm³/mol. The number of carbonyl (C=O) groups excluding carboxylic acids is 1. The first-order valence-corrected chi connectivity index (χ1v) is 15.7. The molecule has 3 aliphatic heterocycles. The molecule has 0 radical (unpaired) electrons. The minimum absolute atomic E-state index is 0.0421. The highest BCUT2D eigenvalue weighted by Gasteiger charge is 2.52. The average Bonchev–Trinajstić information content (AvgIpc) is 3.35. The van der Waals surface area contributed by atoms with Crippen molar-refractivity contribution in [1.29, 1.82) is 0 Å². The maximum Gasteiger partial charge on any atom is 0.494 e. The molecular weight excluding hydrogens is 445 g/mol. The average molecular weight is 486 g/mol. The van der Waals surface area contributed by atoms with Crippen LogP contribution in [-0.4, -0.2) is 61.4 Å². The van der Waals surface area contributed by atoms with Gasteiger partial charge in [-0.25, -0.2) is 4.79 Å². The number of ether oxygens (including phenoxy) is 1. The maximum atomic E-state index is 13.0. The van der Waals surface area contributed by atoms with Crippen molar-refractivity contribution >= 4 is 32.4 Å². The van der Waals surface area contributed by atoms with Gasteiger partial charge in [-0.3, -0.25) is 0 Å². The van der Waals surface area contributed by atoms with Gasteiger partial charge in [0.25, 0.3) is 0 Å². The van der Waals surface area contributed by atoms with Gasteiger partial charge in [-0.1, -0.05) is 37.4 Å². The second kappa shape index (κ2) is 8.31. The first-order chi connectivity index (χ1) is 15.6. The maximum absolute atomic E-state index is 13.0. The van der Waals surface area contributed by atoms with Crippen LogP contribution in [0.2, 0.25) is 19.1 Å². The normalized spacial score (nSPS) is 27.3. The first kappa shape index (κ1) is 25.1. The lowest BCUT2D eigenvalue weighted by Crippen LogP contribution is -2.52. The van der Waals surface area contributed by atoms with Gasteiger partial charge < -0.3 is 29.6 Å². The van der Waals surface area contributed by atoms with Crippen molar-refractivity contribution in [3.8, 4) is 0 Å². The van der Waals surface area contributed by atoms with Crippen LogP contribution in [0.1, 0.15) is 54.0 Å². The second-order valence-electron chi connectivity index (χ2n) is 12.6. The van der Waals surface area contributed by atoms with Crippen LogP contribution in [0.4, 0.5) is 4.79 Å². The Morgan fingerprint density at radius 2 is 1.71 bits per heavy atom. The van der Waals surface area contributed by atoms with E-state index in [1.807, 2.05) is 31.9 Å². The van der Waals surface area contributed by atoms with E-state index in [9.17, 15) is 4.79 Å². The molecule has 3 aliphatic rings. The van der Waals surface area contributed by atoms with Gasteiger partial charge in [-0.15, -0.1) is 0 Å². The highest BCUT2D eigenvalue weighted by Crippen LogP contribution is 2.36. The van der Waals surface area contributed by atoms with E-state index in [-0.39, 0.29) is 36.6 Å². The standard InChI is InChI=1S/C25H40BN3O4Si/c1-23(2,3)31-22(30)29-16-34(8,9)15-20(29)21-27-14-19(28-21)17-10-12-18(13-11-17)26-32-24(4,5)25(6,7)33-26/h10-14,20-21,27-28H,15-16H2,1-9H3/t20-,21+/m0/s1. The van der Waals surface area contributed by atoms with Crippen LogP contribution in [-0.2, 0) is 14.0 Å². The Hall–Kier alpha value is -1.97. The summed E-state index contributed by atoms with van der Waals surface area (Å²) >= 11 is 0. The Bertz CT molecular complexity index is 955. The molecule has 34 heavy (non-hydrogen) atoms. The Balaban J connectivity index is 1.43. The summed E-state index contributed by atoms with van der Waals surface area (Å²) in [5, 5.41) is 7.08. The number of rotatable bonds is 3. The summed E-state index contributed by atoms with van der Waals surface area (Å²) in [5.74, 6) is 0. The summed E-state index contributed by atoms with van der Waals surface area (Å²) in [6, 6.07) is 9.37. The molecule has 9 heteroatoms. The van der Waals surface area contributed by atoms with Gasteiger partial charge in [-0.2, -0.15) is 0 Å². The molecule has 2 N–H and O–H groups in total. The fraction of sp³-hybridized carbons (Fsp3) is 0.640. The zero-order chi connectivity index (χ0) is 25.1. The number of nitrogens with zero attached hydrogens (tertiary/aromatic N) is 1. The molecule has 0 unspecified atom stereocenters. The van der Waals surface area contributed by atoms with Crippen molar-refractivity contribution < 1.29 is 18.8 Å². The molecule has 1 amide bonds. The number of hydrogen-bond donors (Lipinski definition) is 2. The number of nitrogens with one attached hydrogen (secondary N) is 2. The molecule has 7 nitrogen and oxygen atoms in total. The van der Waals surface area contributed by atoms with Gasteiger partial charge in [0.1, 0.15) is 11.8 Å². The molecular formula is C25H40BN3O4Si. The van der Waals surface area contributed by atoms with Crippen molar-refractivity contribution in [2.24, 2.45) is 0 Å². The molecule has 186 valence electrons. The van der Waals surface area contributed by atoms with Gasteiger partial charge in [0, 0.05) is 12.4 Å². The molecule has 0 saturated carbocycles. The summed E-state index contributed by atoms with van der Waals surface area (Å²) < 4.78 is 18.1. The van der Waals surface area contributed by atoms with Crippen LogP contribution >= 0.6 is 0 Å². The van der Waals surface area contributed by atoms with Gasteiger partial charge >= 0.3 is 13.2 Å². The smallest absolute Gasteiger partial charge is 0.444 e. The SMILES string of the molecule is CC(C)(C)OC(=O)N1C[Si](C)(C)C[C@H]1[C@@H]1NC=C(c2ccc(B3OC(C)(C)C(C)(C)O3)cc2)N1. The van der Waals surface area contributed by atoms with Crippen LogP contribution in [0, 0.1) is 0 Å². The molecule has 2 saturated heterocycles. The van der Waals surface area contributed by atoms with E-state index in [1.165, 1.54) is 0 Å². The third-order valence-electron chi connectivity index (χ3n) is 7.24. The van der Waals surface area contributed by atoms with Crippen LogP contribution in [0.3, 0.4) is 0 Å². The van der Waals surface area contributed by atoms with E-state index in [0.29, 0.717) is 0 Å². The third kappa shape index (κ3) is 5.02. The molecule has 0 aliphatic carbocycles. The van der Waals surface area contributed by atoms with Crippen molar-refractivity contribution in [1.82, 2.24) is 15.5 Å². The minimum atomic E-state index is -1.53. The van der Waals surface area contributed by atoms with Crippen LogP contribution in [0.15, 0.2) is 30.5 Å². The van der Waals surface area contributed by atoms with Gasteiger partial charge in [0.2, 0.25) is 0 Å². The van der Waals surface area contributed by atoms with Gasteiger partial charge in [-0.05, 0) is 65.5 Å². The minimum Gasteiger partial charge on any atom is -0.444 e. The predicted octanol–water partition coefficient (Wildman–Crippen LogP) is 3.67. The van der Waals surface area contributed by atoms with E-state index in [1.54, 1.807) is 0 Å². The fourth-order valence-corrected chi connectivity index (χ4v) is 7.74. The number of hydrogen-bond acceptors (Lipinski definition) is 6. The lowest BCUT2D eigenvalue weighted by molar-refractivity contribution is 0.00578. The zero-order valence-corrected chi connectivity index (χ0v) is 23.1. The Morgan fingerprint density at radius 1 is 1.12 bits per heavy atom. The zero-order valence-electron chi connectivity index (χ0n) is 22.1. The van der Waals surface area contributed by atoms with E-state index < -0.39 is 13.7 Å². The number of amides is 1. The molecule has 0 aromatic heterocycles. The lowest BCUT2D eigenvalue weighted by atomic mass is 9.79. The van der Waals surface area contributed by atoms with Crippen LogP contribution < -0.4 is 16.1 Å². The van der Waals surface area contributed by atoms with Crippen molar-refractivity contribution in [2.45, 2.75) is 96.6 Å². The first-order valence-electron chi connectivity index (χ1n) is 12.3. The second-order valence-corrected chi connectivity index (χ2v) is 17.7. The molecule has 4 rings (SSSR count). The van der Waals surface area contributed by atoms with Gasteiger partial charge in [0.15, 0.2) is 0 Å². The summed E-state index contributed by atoms with van der Waals surface area (Å²) in [6.07, 6.45) is 2.55. The van der Waals surface area contributed by atoms with Crippen molar-refractivity contribution in [3.05, 3.63) is 36.0 Å². The summed E-state index contributed by atoms with van der Waals surface area (Å²) in [6.45, 7) is 18.7. The molecule has 0 bridgehead atoms. The van der Waals surface area contributed by atoms with E-state index in [0.717, 1.165) is 28.9 Å². The summed E-state index contributed by atoms with van der Waals surface area (Å²) in [7, 11) is -1.90. The van der Waals surface area contributed by atoms with Crippen LogP contribution in [0.5, 0.6) is 0 Å². The monoisotopic (exact) mass is 485 g/mol. The quantitative estimate of drug-likeness (QED) is 0.637. The Kier molecular flexibility index (Phi) is 6.14. The Morgan fingerprint density at radius 3 is 2.26 bits per heavy atom. The van der Waals surface area contributed by atoms with Crippen LogP contribution in [0.25, 0.3) is 5.70 Å². The summed E-state index contributed by atoms with van der Waals surface area (Å²) in [5.41, 5.74) is 1.87. The van der Waals surface area contributed by atoms with Crippen molar-refractivity contribution in [2.75, 3.05) is 6.17 Å². The molecule has 0 spiro atoms. The largest absolute Gasteiger partial charge is 0.494 e.